The Morgan fingerprint density at radius 2 is 1.27 bits per heavy atom. The number of rotatable bonds is 5. The lowest BCUT2D eigenvalue weighted by Crippen LogP contribution is -2.56. The standard InChI is InChI=1S/C34H46N4P2/c1-31(2,3)24-14-26(33-16-21-11-22(17-33)13-23(12-21)28(33)20-39)27(15-25(24)32(4,5)6)34(40,29-18-35-7-9-37-29)30-19-36-8-10-38-30/h7-10,14-15,18-19,21-23,28H,11-13,16-17,20,39-40H2,1-6H3. The largest absolute Gasteiger partial charge is 0.261 e. The van der Waals surface area contributed by atoms with Crippen LogP contribution in [0.25, 0.3) is 0 Å². The van der Waals surface area contributed by atoms with Crippen LogP contribution in [0.2, 0.25) is 0 Å². The third kappa shape index (κ3) is 4.48. The highest BCUT2D eigenvalue weighted by Gasteiger charge is 2.58. The van der Waals surface area contributed by atoms with Gasteiger partial charge in [-0.25, -0.2) is 0 Å². The molecule has 0 N–H and O–H groups in total. The molecule has 0 spiro atoms. The first kappa shape index (κ1) is 28.4. The molecule has 1 aromatic carbocycles. The number of benzene rings is 1. The van der Waals surface area contributed by atoms with Gasteiger partial charge in [0.15, 0.2) is 0 Å². The molecule has 5 atom stereocenters. The summed E-state index contributed by atoms with van der Waals surface area (Å²) in [6, 6.07) is 5.20. The fraction of sp³-hybridized carbons (Fsp3) is 0.588. The highest BCUT2D eigenvalue weighted by molar-refractivity contribution is 7.19. The molecule has 0 radical (unpaired) electrons. The average molecular weight is 573 g/mol. The van der Waals surface area contributed by atoms with Crippen molar-refractivity contribution in [2.45, 2.75) is 95.0 Å². The fourth-order valence-corrected chi connectivity index (χ4v) is 10.3. The molecule has 212 valence electrons. The average Bonchev–Trinajstić information content (AvgIpc) is 2.91. The van der Waals surface area contributed by atoms with E-state index in [0.29, 0.717) is 5.92 Å². The lowest BCUT2D eigenvalue weighted by Gasteiger charge is -2.62. The van der Waals surface area contributed by atoms with E-state index in [2.05, 4.69) is 82.1 Å². The summed E-state index contributed by atoms with van der Waals surface area (Å²) < 4.78 is 0. The molecule has 0 saturated heterocycles. The lowest BCUT2D eigenvalue weighted by molar-refractivity contribution is -0.0522. The van der Waals surface area contributed by atoms with E-state index < -0.39 is 5.16 Å². The molecular formula is C34H46N4P2. The topological polar surface area (TPSA) is 51.6 Å². The van der Waals surface area contributed by atoms with Crippen LogP contribution in [0.3, 0.4) is 0 Å². The van der Waals surface area contributed by atoms with Crippen molar-refractivity contribution in [1.82, 2.24) is 19.9 Å². The maximum Gasteiger partial charge on any atom is 0.0967 e. The normalized spacial score (nSPS) is 28.2. The maximum absolute atomic E-state index is 4.94. The predicted octanol–water partition coefficient (Wildman–Crippen LogP) is 7.60. The highest BCUT2D eigenvalue weighted by atomic mass is 31.0. The smallest absolute Gasteiger partial charge is 0.0967 e. The molecule has 2 heterocycles. The molecular weight excluding hydrogens is 526 g/mol. The Hall–Kier alpha value is -1.76. The second kappa shape index (κ2) is 9.91. The van der Waals surface area contributed by atoms with Gasteiger partial charge in [0.05, 0.1) is 28.9 Å². The van der Waals surface area contributed by atoms with E-state index in [9.17, 15) is 0 Å². The summed E-state index contributed by atoms with van der Waals surface area (Å²) in [5, 5.41) is -0.664. The highest BCUT2D eigenvalue weighted by Crippen LogP contribution is 2.66. The Morgan fingerprint density at radius 1 is 0.750 bits per heavy atom. The Labute approximate surface area is 245 Å². The number of hydrogen-bond acceptors (Lipinski definition) is 4. The van der Waals surface area contributed by atoms with Crippen LogP contribution in [0, 0.1) is 23.7 Å². The van der Waals surface area contributed by atoms with Crippen LogP contribution in [-0.4, -0.2) is 26.1 Å². The molecule has 40 heavy (non-hydrogen) atoms. The van der Waals surface area contributed by atoms with Crippen molar-refractivity contribution in [2.24, 2.45) is 23.7 Å². The van der Waals surface area contributed by atoms with Gasteiger partial charge in [-0.15, -0.1) is 18.5 Å². The van der Waals surface area contributed by atoms with E-state index in [0.717, 1.165) is 35.3 Å². The van der Waals surface area contributed by atoms with E-state index >= 15 is 0 Å². The summed E-state index contributed by atoms with van der Waals surface area (Å²) in [5.41, 5.74) is 7.70. The van der Waals surface area contributed by atoms with Gasteiger partial charge in [0.1, 0.15) is 0 Å². The lowest BCUT2D eigenvalue weighted by atomic mass is 9.43. The van der Waals surface area contributed by atoms with Crippen molar-refractivity contribution >= 4 is 18.5 Å². The van der Waals surface area contributed by atoms with Crippen LogP contribution >= 0.6 is 18.5 Å². The first-order chi connectivity index (χ1) is 18.9. The molecule has 4 nitrogen and oxygen atoms in total. The first-order valence-corrected chi connectivity index (χ1v) is 16.5. The van der Waals surface area contributed by atoms with E-state index in [4.69, 9.17) is 9.97 Å². The van der Waals surface area contributed by atoms with Gasteiger partial charge in [0, 0.05) is 24.8 Å². The van der Waals surface area contributed by atoms with Gasteiger partial charge in [-0.05, 0) is 100 Å². The molecule has 5 unspecified atom stereocenters. The third-order valence-corrected chi connectivity index (χ3v) is 11.9. The minimum absolute atomic E-state index is 0.0202. The summed E-state index contributed by atoms with van der Waals surface area (Å²) in [5.74, 6) is 3.18. The van der Waals surface area contributed by atoms with Crippen molar-refractivity contribution in [1.29, 1.82) is 0 Å². The van der Waals surface area contributed by atoms with Gasteiger partial charge >= 0.3 is 0 Å². The fourth-order valence-electron chi connectivity index (χ4n) is 8.97. The van der Waals surface area contributed by atoms with Gasteiger partial charge in [-0.3, -0.25) is 19.9 Å². The zero-order chi connectivity index (χ0) is 28.5. The molecule has 4 aliphatic rings. The van der Waals surface area contributed by atoms with E-state index in [-0.39, 0.29) is 16.2 Å². The summed E-state index contributed by atoms with van der Waals surface area (Å²) >= 11 is 0. The molecule has 4 bridgehead atoms. The summed E-state index contributed by atoms with van der Waals surface area (Å²) in [6.07, 6.45) is 19.0. The van der Waals surface area contributed by atoms with Crippen molar-refractivity contribution in [3.05, 3.63) is 83.0 Å². The summed E-state index contributed by atoms with van der Waals surface area (Å²) in [4.78, 5) is 19.0. The maximum atomic E-state index is 4.94. The minimum atomic E-state index is -0.664. The zero-order valence-electron chi connectivity index (χ0n) is 25.1. The summed E-state index contributed by atoms with van der Waals surface area (Å²) in [6.45, 7) is 14.2. The van der Waals surface area contributed by atoms with Crippen molar-refractivity contribution in [3.63, 3.8) is 0 Å². The second-order valence-electron chi connectivity index (χ2n) is 15.0. The van der Waals surface area contributed by atoms with Gasteiger partial charge in [-0.1, -0.05) is 53.7 Å². The molecule has 4 fully saturated rings. The Bertz CT molecular complexity index is 1320. The molecule has 0 aliphatic heterocycles. The van der Waals surface area contributed by atoms with Crippen LogP contribution in [0.5, 0.6) is 0 Å². The molecule has 4 aliphatic carbocycles. The van der Waals surface area contributed by atoms with Crippen LogP contribution in [0.4, 0.5) is 0 Å². The summed E-state index contributed by atoms with van der Waals surface area (Å²) in [7, 11) is 6.38. The molecule has 7 rings (SSSR count). The molecule has 0 amide bonds. The molecule has 6 heteroatoms. The van der Waals surface area contributed by atoms with E-state index in [1.807, 2.05) is 24.8 Å². The van der Waals surface area contributed by atoms with Gasteiger partial charge in [0.25, 0.3) is 0 Å². The quantitative estimate of drug-likeness (QED) is 0.296. The van der Waals surface area contributed by atoms with Gasteiger partial charge in [0.2, 0.25) is 0 Å². The van der Waals surface area contributed by atoms with Gasteiger partial charge in [-0.2, -0.15) is 0 Å². The number of aromatic nitrogens is 4. The second-order valence-corrected chi connectivity index (χ2v) is 16.4. The number of hydrogen-bond donors (Lipinski definition) is 0. The van der Waals surface area contributed by atoms with Gasteiger partial charge < -0.3 is 0 Å². The van der Waals surface area contributed by atoms with Crippen LogP contribution in [-0.2, 0) is 21.4 Å². The van der Waals surface area contributed by atoms with E-state index in [1.54, 1.807) is 12.4 Å². The van der Waals surface area contributed by atoms with E-state index in [1.165, 1.54) is 54.4 Å². The first-order valence-electron chi connectivity index (χ1n) is 15.1. The molecule has 4 saturated carbocycles. The Morgan fingerprint density at radius 3 is 1.73 bits per heavy atom. The molecule has 3 aromatic rings. The zero-order valence-corrected chi connectivity index (χ0v) is 27.4. The van der Waals surface area contributed by atoms with Crippen molar-refractivity contribution in [2.75, 3.05) is 6.16 Å². The van der Waals surface area contributed by atoms with Crippen LogP contribution in [0.1, 0.15) is 107 Å². The monoisotopic (exact) mass is 572 g/mol. The third-order valence-electron chi connectivity index (χ3n) is 10.4. The molecule has 2 aromatic heterocycles. The number of nitrogens with zero attached hydrogens (tertiary/aromatic N) is 4. The predicted molar refractivity (Wildman–Crippen MR) is 171 cm³/mol. The van der Waals surface area contributed by atoms with Crippen molar-refractivity contribution < 1.29 is 0 Å². The van der Waals surface area contributed by atoms with Crippen LogP contribution < -0.4 is 0 Å². The van der Waals surface area contributed by atoms with Crippen molar-refractivity contribution in [3.8, 4) is 0 Å². The SMILES string of the molecule is CC(C)(C)c1cc(C(P)(c2cnccn2)c2cnccn2)c(C23CC4CC(CC(C4)C2CP)C3)cc1C(C)(C)C. The minimum Gasteiger partial charge on any atom is -0.261 e. The Kier molecular flexibility index (Phi) is 7.03. The van der Waals surface area contributed by atoms with Crippen LogP contribution in [0.15, 0.2) is 49.3 Å². The Balaban J connectivity index is 1.73.